The van der Waals surface area contributed by atoms with Gasteiger partial charge in [0.05, 0.1) is 11.4 Å². The van der Waals surface area contributed by atoms with Gasteiger partial charge in [-0.3, -0.25) is 0 Å². The fourth-order valence-electron chi connectivity index (χ4n) is 6.50. The van der Waals surface area contributed by atoms with Crippen molar-refractivity contribution in [3.05, 3.63) is 78.1 Å². The lowest BCUT2D eigenvalue weighted by Crippen LogP contribution is -2.54. The first-order valence-corrected chi connectivity index (χ1v) is 20.0. The molecular formula is C39H62N12O6. The fourth-order valence-corrected chi connectivity index (χ4v) is 6.50. The van der Waals surface area contributed by atoms with Crippen LogP contribution < -0.4 is 38.3 Å². The Morgan fingerprint density at radius 1 is 0.579 bits per heavy atom. The highest BCUT2D eigenvalue weighted by molar-refractivity contribution is 5.91. The van der Waals surface area contributed by atoms with Gasteiger partial charge >= 0.3 is 35.2 Å². The van der Waals surface area contributed by atoms with Crippen molar-refractivity contribution >= 4 is 23.8 Å². The molecule has 0 radical (unpaired) electrons. The van der Waals surface area contributed by atoms with Gasteiger partial charge in [0.15, 0.2) is 0 Å². The molecule has 314 valence electrons. The average molecular weight is 795 g/mol. The maximum Gasteiger partial charge on any atom is 0.342 e. The van der Waals surface area contributed by atoms with Crippen LogP contribution >= 0.6 is 0 Å². The molecule has 0 atom stereocenters. The molecular weight excluding hydrogens is 733 g/mol. The van der Waals surface area contributed by atoms with Crippen molar-refractivity contribution in [3.8, 4) is 0 Å². The largest absolute Gasteiger partial charge is 0.342 e. The van der Waals surface area contributed by atoms with Gasteiger partial charge in [-0.2, -0.15) is 19.6 Å². The Kier molecular flexibility index (Phi) is 18.9. The van der Waals surface area contributed by atoms with Crippen molar-refractivity contribution in [2.45, 2.75) is 138 Å². The van der Waals surface area contributed by atoms with Crippen LogP contribution in [0.5, 0.6) is 0 Å². The van der Waals surface area contributed by atoms with E-state index in [1.165, 1.54) is 18.5 Å². The van der Waals surface area contributed by atoms with Gasteiger partial charge in [-0.05, 0) is 98.3 Å². The molecule has 0 unspecified atom stereocenters. The number of hydrogen-bond acceptors (Lipinski definition) is 9. The number of nitrogens with zero attached hydrogens (tertiary/aromatic N) is 7. The summed E-state index contributed by atoms with van der Waals surface area (Å²) < 4.78 is 6.18. The maximum absolute atomic E-state index is 13.5. The molecule has 0 saturated heterocycles. The number of urea groups is 1. The van der Waals surface area contributed by atoms with E-state index in [0.717, 1.165) is 72.3 Å². The standard InChI is InChI=1S/C39H62N12O6/c1-28(40)25-29(2)44-34(52)41-19-13-7-10-16-22-47-37(55)48(23-17-11-8-14-20-42-35(53)50-32(5)26-30(3)45-50)39(57)49(38(47)56)24-18-12-9-15-21-43-36(54)51-33(6)27-31(4)46-51/h25-27,40H,7-24H2,1-6H3,(H,42,53)(H,43,54)(H2,41,44,52)/b29-25-,40-28?. The molecule has 18 nitrogen and oxygen atoms in total. The number of aryl methyl sites for hydroxylation is 4. The highest BCUT2D eigenvalue weighted by Gasteiger charge is 2.16. The zero-order valence-electron chi connectivity index (χ0n) is 34.5. The van der Waals surface area contributed by atoms with Gasteiger partial charge in [0.1, 0.15) is 0 Å². The number of amides is 4. The zero-order valence-corrected chi connectivity index (χ0v) is 34.5. The summed E-state index contributed by atoms with van der Waals surface area (Å²) in [5, 5.41) is 27.1. The van der Waals surface area contributed by atoms with Crippen LogP contribution in [0.15, 0.2) is 38.3 Å². The van der Waals surface area contributed by atoms with Crippen LogP contribution in [0.2, 0.25) is 0 Å². The van der Waals surface area contributed by atoms with Gasteiger partial charge in [0, 0.05) is 62.1 Å². The molecule has 0 aliphatic heterocycles. The summed E-state index contributed by atoms with van der Waals surface area (Å²) in [6.07, 6.45) is 9.84. The minimum absolute atomic E-state index is 0.169. The summed E-state index contributed by atoms with van der Waals surface area (Å²) in [4.78, 5) is 77.5. The van der Waals surface area contributed by atoms with Gasteiger partial charge in [0.2, 0.25) is 0 Å². The summed E-state index contributed by atoms with van der Waals surface area (Å²) in [7, 11) is 0. The van der Waals surface area contributed by atoms with Crippen LogP contribution in [0, 0.1) is 33.1 Å². The van der Waals surface area contributed by atoms with E-state index >= 15 is 0 Å². The molecule has 3 aromatic rings. The van der Waals surface area contributed by atoms with E-state index in [2.05, 4.69) is 31.5 Å². The van der Waals surface area contributed by atoms with Crippen molar-refractivity contribution in [1.82, 2.24) is 54.5 Å². The first-order chi connectivity index (χ1) is 27.2. The van der Waals surface area contributed by atoms with Gasteiger partial charge in [-0.15, -0.1) is 0 Å². The van der Waals surface area contributed by atoms with Crippen LogP contribution in [0.4, 0.5) is 14.4 Å². The van der Waals surface area contributed by atoms with E-state index < -0.39 is 17.1 Å². The highest BCUT2D eigenvalue weighted by atomic mass is 16.2. The Morgan fingerprint density at radius 3 is 1.26 bits per heavy atom. The Labute approximate surface area is 333 Å². The van der Waals surface area contributed by atoms with Crippen molar-refractivity contribution in [1.29, 1.82) is 5.41 Å². The molecule has 0 aliphatic carbocycles. The molecule has 18 heteroatoms. The number of carbonyl (C=O) groups excluding carboxylic acids is 3. The third kappa shape index (κ3) is 15.1. The van der Waals surface area contributed by atoms with Crippen LogP contribution in [0.25, 0.3) is 0 Å². The summed E-state index contributed by atoms with van der Waals surface area (Å²) in [5.41, 5.74) is 2.13. The molecule has 0 saturated carbocycles. The monoisotopic (exact) mass is 794 g/mol. The van der Waals surface area contributed by atoms with E-state index in [9.17, 15) is 28.8 Å². The molecule has 0 bridgehead atoms. The predicted octanol–water partition coefficient (Wildman–Crippen LogP) is 4.24. The lowest BCUT2D eigenvalue weighted by atomic mass is 10.2. The SMILES string of the molecule is CC(=N)/C=C(/C)NC(=O)NCCCCCCn1c(=O)n(CCCCCCNC(=O)n2nc(C)cc2C)c(=O)n(CCCCCCNC(=O)n2nc(C)cc2C)c1=O. The van der Waals surface area contributed by atoms with Crippen LogP contribution in [0.3, 0.4) is 0 Å². The number of carbonyl (C=O) groups is 3. The maximum atomic E-state index is 13.5. The van der Waals surface area contributed by atoms with Gasteiger partial charge in [-0.25, -0.2) is 42.5 Å². The normalized spacial score (nSPS) is 11.4. The number of rotatable bonds is 23. The fraction of sp³-hybridized carbons (Fsp3) is 0.615. The number of unbranched alkanes of at least 4 members (excludes halogenated alkanes) is 9. The van der Waals surface area contributed by atoms with E-state index in [0.29, 0.717) is 63.1 Å². The number of aromatic nitrogens is 7. The van der Waals surface area contributed by atoms with E-state index in [-0.39, 0.29) is 37.7 Å². The van der Waals surface area contributed by atoms with Crippen molar-refractivity contribution in [2.24, 2.45) is 0 Å². The minimum atomic E-state index is -0.612. The number of allylic oxidation sites excluding steroid dienone is 2. The van der Waals surface area contributed by atoms with Crippen LogP contribution in [0.1, 0.15) is 114 Å². The van der Waals surface area contributed by atoms with Gasteiger partial charge in [0.25, 0.3) is 0 Å². The predicted molar refractivity (Wildman–Crippen MR) is 219 cm³/mol. The Balaban J connectivity index is 1.53. The first kappa shape index (κ1) is 45.8. The summed E-state index contributed by atoms with van der Waals surface area (Å²) in [6, 6.07) is 2.76. The molecule has 0 fully saturated rings. The summed E-state index contributed by atoms with van der Waals surface area (Å²) in [5.74, 6) is 0. The first-order valence-electron chi connectivity index (χ1n) is 20.0. The molecule has 3 rings (SSSR count). The third-order valence-electron chi connectivity index (χ3n) is 9.30. The van der Waals surface area contributed by atoms with E-state index in [1.807, 2.05) is 39.8 Å². The Bertz CT molecular complexity index is 1920. The second kappa shape index (κ2) is 23.5. The molecule has 0 aliphatic rings. The van der Waals surface area contributed by atoms with Crippen LogP contribution in [-0.2, 0) is 19.6 Å². The molecule has 57 heavy (non-hydrogen) atoms. The van der Waals surface area contributed by atoms with E-state index in [4.69, 9.17) is 5.41 Å². The molecule has 0 spiro atoms. The Hall–Kier alpha value is -5.55. The summed E-state index contributed by atoms with van der Waals surface area (Å²) >= 11 is 0. The summed E-state index contributed by atoms with van der Waals surface area (Å²) in [6.45, 7) is 12.5. The lowest BCUT2D eigenvalue weighted by molar-refractivity contribution is 0.238. The molecule has 3 heterocycles. The smallest absolute Gasteiger partial charge is 0.338 e. The van der Waals surface area contributed by atoms with Gasteiger partial charge < -0.3 is 26.7 Å². The number of hydrogen-bond donors (Lipinski definition) is 5. The Morgan fingerprint density at radius 2 is 0.930 bits per heavy atom. The molecule has 3 aromatic heterocycles. The zero-order chi connectivity index (χ0) is 41.9. The highest BCUT2D eigenvalue weighted by Crippen LogP contribution is 2.05. The molecule has 5 N–H and O–H groups in total. The van der Waals surface area contributed by atoms with Crippen molar-refractivity contribution < 1.29 is 14.4 Å². The topological polar surface area (TPSA) is 225 Å². The second-order valence-corrected chi connectivity index (χ2v) is 14.6. The number of nitrogens with one attached hydrogen (secondary N) is 5. The second-order valence-electron chi connectivity index (χ2n) is 14.6. The molecule has 4 amide bonds. The van der Waals surface area contributed by atoms with E-state index in [1.54, 1.807) is 19.9 Å². The average Bonchev–Trinajstić information content (AvgIpc) is 3.67. The third-order valence-corrected chi connectivity index (χ3v) is 9.30. The molecule has 0 aromatic carbocycles. The lowest BCUT2D eigenvalue weighted by Gasteiger charge is -2.14. The van der Waals surface area contributed by atoms with Crippen molar-refractivity contribution in [3.63, 3.8) is 0 Å². The van der Waals surface area contributed by atoms with Gasteiger partial charge in [-0.1, -0.05) is 38.5 Å². The van der Waals surface area contributed by atoms with Crippen molar-refractivity contribution in [2.75, 3.05) is 19.6 Å². The quantitative estimate of drug-likeness (QED) is 0.0688. The van der Waals surface area contributed by atoms with Crippen LogP contribution in [-0.4, -0.2) is 76.7 Å². The minimum Gasteiger partial charge on any atom is -0.338 e.